The molecule has 3 aromatic carbocycles. The predicted octanol–water partition coefficient (Wildman–Crippen LogP) is 4.79. The van der Waals surface area contributed by atoms with Gasteiger partial charge < -0.3 is 14.6 Å². The Morgan fingerprint density at radius 3 is 2.49 bits per heavy atom. The molecule has 1 aliphatic heterocycles. The van der Waals surface area contributed by atoms with Gasteiger partial charge in [-0.25, -0.2) is 8.42 Å². The SMILES string of the molecule is COc1ccc(C(=O)N2CCc3[nH]c4ccc(C)cc4c3C2)cc1S(=O)(=O)Nc1ccc(C)cc1. The molecule has 2 N–H and O–H groups in total. The number of aryl methyl sites for hydroxylation is 2. The van der Waals surface area contributed by atoms with Crippen LogP contribution in [0.2, 0.25) is 0 Å². The molecule has 7 nitrogen and oxygen atoms in total. The van der Waals surface area contributed by atoms with Gasteiger partial charge in [0, 0.05) is 52.9 Å². The Balaban J connectivity index is 1.45. The minimum Gasteiger partial charge on any atom is -0.495 e. The highest BCUT2D eigenvalue weighted by atomic mass is 32.2. The summed E-state index contributed by atoms with van der Waals surface area (Å²) in [6.45, 7) is 4.99. The van der Waals surface area contributed by atoms with Crippen molar-refractivity contribution in [1.82, 2.24) is 9.88 Å². The van der Waals surface area contributed by atoms with E-state index < -0.39 is 10.0 Å². The van der Waals surface area contributed by atoms with Gasteiger partial charge in [0.25, 0.3) is 15.9 Å². The summed E-state index contributed by atoms with van der Waals surface area (Å²) in [7, 11) is -2.57. The molecule has 4 aromatic rings. The number of hydrogen-bond acceptors (Lipinski definition) is 4. The van der Waals surface area contributed by atoms with Crippen molar-refractivity contribution < 1.29 is 17.9 Å². The van der Waals surface area contributed by atoms with Crippen LogP contribution in [0.15, 0.2) is 65.6 Å². The van der Waals surface area contributed by atoms with Crippen molar-refractivity contribution in [3.63, 3.8) is 0 Å². The Morgan fingerprint density at radius 2 is 1.74 bits per heavy atom. The Kier molecular flexibility index (Phi) is 5.76. The van der Waals surface area contributed by atoms with E-state index >= 15 is 0 Å². The van der Waals surface area contributed by atoms with Crippen LogP contribution in [0.5, 0.6) is 5.75 Å². The van der Waals surface area contributed by atoms with Gasteiger partial charge >= 0.3 is 0 Å². The van der Waals surface area contributed by atoms with Gasteiger partial charge in [-0.2, -0.15) is 0 Å². The second-order valence-electron chi connectivity index (χ2n) is 8.95. The number of anilines is 1. The molecule has 0 bridgehead atoms. The lowest BCUT2D eigenvalue weighted by Crippen LogP contribution is -2.35. The van der Waals surface area contributed by atoms with Crippen LogP contribution in [0.25, 0.3) is 10.9 Å². The van der Waals surface area contributed by atoms with Gasteiger partial charge in [0.15, 0.2) is 0 Å². The van der Waals surface area contributed by atoms with Gasteiger partial charge in [-0.05, 0) is 56.3 Å². The van der Waals surface area contributed by atoms with Crippen molar-refractivity contribution in [2.75, 3.05) is 18.4 Å². The summed E-state index contributed by atoms with van der Waals surface area (Å²) in [5.41, 5.74) is 6.25. The van der Waals surface area contributed by atoms with Crippen molar-refractivity contribution in [2.45, 2.75) is 31.7 Å². The molecule has 8 heteroatoms. The molecule has 0 fully saturated rings. The molecule has 0 saturated heterocycles. The number of carbonyl (C=O) groups is 1. The molecule has 1 aliphatic rings. The summed E-state index contributed by atoms with van der Waals surface area (Å²) < 4.78 is 34.3. The van der Waals surface area contributed by atoms with Crippen molar-refractivity contribution in [3.8, 4) is 5.75 Å². The molecule has 35 heavy (non-hydrogen) atoms. The normalized spacial score (nSPS) is 13.5. The van der Waals surface area contributed by atoms with Crippen LogP contribution < -0.4 is 9.46 Å². The number of amides is 1. The number of aromatic nitrogens is 1. The number of methoxy groups -OCH3 is 1. The first kappa shape index (κ1) is 23.0. The molecule has 0 aliphatic carbocycles. The topological polar surface area (TPSA) is 91.5 Å². The fourth-order valence-corrected chi connectivity index (χ4v) is 5.79. The lowest BCUT2D eigenvalue weighted by Gasteiger charge is -2.27. The van der Waals surface area contributed by atoms with E-state index in [0.29, 0.717) is 30.8 Å². The maximum absolute atomic E-state index is 13.5. The summed E-state index contributed by atoms with van der Waals surface area (Å²) in [5.74, 6) is -0.0405. The van der Waals surface area contributed by atoms with Crippen molar-refractivity contribution in [1.29, 1.82) is 0 Å². The second kappa shape index (κ2) is 8.78. The highest BCUT2D eigenvalue weighted by Gasteiger charge is 2.27. The summed E-state index contributed by atoms with van der Waals surface area (Å²) in [6, 6.07) is 17.8. The van der Waals surface area contributed by atoms with Crippen LogP contribution in [0.4, 0.5) is 5.69 Å². The summed E-state index contributed by atoms with van der Waals surface area (Å²) in [6.07, 6.45) is 0.713. The first-order valence-corrected chi connectivity index (χ1v) is 12.9. The van der Waals surface area contributed by atoms with E-state index in [9.17, 15) is 13.2 Å². The summed E-state index contributed by atoms with van der Waals surface area (Å²) >= 11 is 0. The lowest BCUT2D eigenvalue weighted by molar-refractivity contribution is 0.0735. The molecular formula is C27H27N3O4S. The fraction of sp³-hybridized carbons (Fsp3) is 0.222. The van der Waals surface area contributed by atoms with Gasteiger partial charge in [-0.1, -0.05) is 29.3 Å². The molecule has 180 valence electrons. The molecule has 0 spiro atoms. The monoisotopic (exact) mass is 489 g/mol. The van der Waals surface area contributed by atoms with E-state index in [1.54, 1.807) is 23.1 Å². The molecule has 0 saturated carbocycles. The molecule has 5 rings (SSSR count). The average molecular weight is 490 g/mol. The van der Waals surface area contributed by atoms with Crippen LogP contribution in [0.3, 0.4) is 0 Å². The molecule has 2 heterocycles. The zero-order chi connectivity index (χ0) is 24.7. The molecule has 1 amide bonds. The second-order valence-corrected chi connectivity index (χ2v) is 10.6. The number of H-pyrrole nitrogens is 1. The maximum atomic E-state index is 13.5. The van der Waals surface area contributed by atoms with Gasteiger partial charge in [0.1, 0.15) is 10.6 Å². The first-order chi connectivity index (χ1) is 16.7. The third kappa shape index (κ3) is 4.37. The van der Waals surface area contributed by atoms with Gasteiger partial charge in [-0.3, -0.25) is 9.52 Å². The molecule has 0 unspecified atom stereocenters. The largest absolute Gasteiger partial charge is 0.495 e. The zero-order valence-electron chi connectivity index (χ0n) is 19.9. The number of aromatic amines is 1. The zero-order valence-corrected chi connectivity index (χ0v) is 20.7. The van der Waals surface area contributed by atoms with Crippen LogP contribution in [0.1, 0.15) is 32.7 Å². The average Bonchev–Trinajstić information content (AvgIpc) is 3.21. The number of sulfonamides is 1. The van der Waals surface area contributed by atoms with E-state index in [1.807, 2.05) is 19.1 Å². The number of benzene rings is 3. The standard InChI is InChI=1S/C27H27N3O4S/c1-17-4-8-20(9-5-17)29-35(32,33)26-15-19(7-11-25(26)34-3)27(31)30-13-12-24-22(16-30)21-14-18(2)6-10-23(21)28-24/h4-11,14-15,28-29H,12-13,16H2,1-3H3. The third-order valence-corrected chi connectivity index (χ3v) is 7.82. The Labute approximate surface area is 204 Å². The lowest BCUT2D eigenvalue weighted by atomic mass is 10.0. The highest BCUT2D eigenvalue weighted by molar-refractivity contribution is 7.92. The Bertz CT molecular complexity index is 1540. The minimum absolute atomic E-state index is 0.0770. The molecular weight excluding hydrogens is 462 g/mol. The van der Waals surface area contributed by atoms with E-state index in [0.717, 1.165) is 33.3 Å². The third-order valence-electron chi connectivity index (χ3n) is 6.42. The van der Waals surface area contributed by atoms with Crippen molar-refractivity contribution >= 4 is 32.5 Å². The van der Waals surface area contributed by atoms with Gasteiger partial charge in [0.05, 0.1) is 7.11 Å². The fourth-order valence-electron chi connectivity index (χ4n) is 4.54. The predicted molar refractivity (Wildman–Crippen MR) is 136 cm³/mol. The van der Waals surface area contributed by atoms with E-state index in [1.165, 1.54) is 19.2 Å². The number of ether oxygens (including phenoxy) is 1. The van der Waals surface area contributed by atoms with E-state index in [4.69, 9.17) is 4.74 Å². The van der Waals surface area contributed by atoms with Gasteiger partial charge in [-0.15, -0.1) is 0 Å². The Morgan fingerprint density at radius 1 is 1.00 bits per heavy atom. The maximum Gasteiger partial charge on any atom is 0.265 e. The Hall–Kier alpha value is -3.78. The van der Waals surface area contributed by atoms with Crippen LogP contribution >= 0.6 is 0 Å². The number of fused-ring (bicyclic) bond motifs is 3. The molecule has 1 aromatic heterocycles. The van der Waals surface area contributed by atoms with Crippen LogP contribution in [0, 0.1) is 13.8 Å². The van der Waals surface area contributed by atoms with Crippen LogP contribution in [-0.2, 0) is 23.0 Å². The number of nitrogens with zero attached hydrogens (tertiary/aromatic N) is 1. The summed E-state index contributed by atoms with van der Waals surface area (Å²) in [5, 5.41) is 1.12. The first-order valence-electron chi connectivity index (χ1n) is 11.4. The van der Waals surface area contributed by atoms with Crippen molar-refractivity contribution in [2.24, 2.45) is 0 Å². The number of hydrogen-bond donors (Lipinski definition) is 2. The number of carbonyl (C=O) groups excluding carboxylic acids is 1. The smallest absolute Gasteiger partial charge is 0.265 e. The molecule has 0 atom stereocenters. The van der Waals surface area contributed by atoms with Crippen LogP contribution in [-0.4, -0.2) is 37.9 Å². The number of nitrogens with one attached hydrogen (secondary N) is 2. The minimum atomic E-state index is -3.98. The van der Waals surface area contributed by atoms with Crippen molar-refractivity contribution in [3.05, 3.63) is 88.6 Å². The van der Waals surface area contributed by atoms with E-state index in [2.05, 4.69) is 34.8 Å². The highest BCUT2D eigenvalue weighted by Crippen LogP contribution is 2.31. The summed E-state index contributed by atoms with van der Waals surface area (Å²) in [4.78, 5) is 18.6. The number of rotatable bonds is 5. The van der Waals surface area contributed by atoms with E-state index in [-0.39, 0.29) is 16.6 Å². The van der Waals surface area contributed by atoms with Gasteiger partial charge in [0.2, 0.25) is 0 Å². The molecule has 0 radical (unpaired) electrons. The quantitative estimate of drug-likeness (QED) is 0.422.